The fourth-order valence-electron chi connectivity index (χ4n) is 1.80. The van der Waals surface area contributed by atoms with E-state index in [-0.39, 0.29) is 12.2 Å². The number of ether oxygens (including phenoxy) is 3. The van der Waals surface area contributed by atoms with Gasteiger partial charge in [0.1, 0.15) is 6.10 Å². The number of anilines is 1. The van der Waals surface area contributed by atoms with Gasteiger partial charge in [-0.2, -0.15) is 4.98 Å². The zero-order chi connectivity index (χ0) is 13.9. The van der Waals surface area contributed by atoms with E-state index in [1.165, 1.54) is 0 Å². The van der Waals surface area contributed by atoms with Gasteiger partial charge in [-0.05, 0) is 27.7 Å². The van der Waals surface area contributed by atoms with Gasteiger partial charge in [-0.25, -0.2) is 4.98 Å². The summed E-state index contributed by atoms with van der Waals surface area (Å²) in [5, 5.41) is 3.13. The molecule has 2 heterocycles. The summed E-state index contributed by atoms with van der Waals surface area (Å²) in [6.07, 6.45) is 1.77. The van der Waals surface area contributed by atoms with Crippen molar-refractivity contribution >= 4 is 5.95 Å². The first-order valence-electron chi connectivity index (χ1n) is 6.50. The van der Waals surface area contributed by atoms with E-state index in [1.54, 1.807) is 12.3 Å². The van der Waals surface area contributed by atoms with Crippen LogP contribution in [0.5, 0.6) is 5.88 Å². The summed E-state index contributed by atoms with van der Waals surface area (Å²) < 4.78 is 16.7. The normalized spacial score (nSPS) is 21.6. The maximum absolute atomic E-state index is 5.69. The maximum Gasteiger partial charge on any atom is 0.226 e. The van der Waals surface area contributed by atoms with Crippen LogP contribution in [0.4, 0.5) is 5.95 Å². The Bertz CT molecular complexity index is 423. The van der Waals surface area contributed by atoms with E-state index in [2.05, 4.69) is 15.3 Å². The van der Waals surface area contributed by atoms with Crippen LogP contribution < -0.4 is 10.1 Å². The summed E-state index contributed by atoms with van der Waals surface area (Å²) in [6.45, 7) is 8.90. The van der Waals surface area contributed by atoms with Crippen LogP contribution in [0.3, 0.4) is 0 Å². The van der Waals surface area contributed by atoms with Crippen LogP contribution in [0.25, 0.3) is 0 Å². The second-order valence-electron chi connectivity index (χ2n) is 5.22. The molecule has 0 amide bonds. The number of hydrogen-bond acceptors (Lipinski definition) is 6. The Kier molecular flexibility index (Phi) is 4.21. The van der Waals surface area contributed by atoms with Gasteiger partial charge < -0.3 is 19.5 Å². The van der Waals surface area contributed by atoms with Crippen molar-refractivity contribution in [2.45, 2.75) is 45.7 Å². The molecule has 0 aromatic carbocycles. The summed E-state index contributed by atoms with van der Waals surface area (Å²) in [5.41, 5.74) is 0. The van der Waals surface area contributed by atoms with Crippen molar-refractivity contribution in [2.75, 3.05) is 18.5 Å². The molecule has 0 spiro atoms. The molecule has 0 saturated carbocycles. The second-order valence-corrected chi connectivity index (χ2v) is 5.22. The molecule has 0 aliphatic carbocycles. The van der Waals surface area contributed by atoms with Gasteiger partial charge in [-0.3, -0.25) is 0 Å². The molecule has 6 heteroatoms. The van der Waals surface area contributed by atoms with Crippen LogP contribution in [0.15, 0.2) is 12.3 Å². The fraction of sp³-hybridized carbons (Fsp3) is 0.692. The van der Waals surface area contributed by atoms with Crippen molar-refractivity contribution in [3.05, 3.63) is 12.3 Å². The number of nitrogens with zero attached hydrogens (tertiary/aromatic N) is 2. The first kappa shape index (κ1) is 14.0. The van der Waals surface area contributed by atoms with Gasteiger partial charge >= 0.3 is 0 Å². The third-order valence-electron chi connectivity index (χ3n) is 2.54. The molecule has 1 aliphatic heterocycles. The molecule has 2 rings (SSSR count). The zero-order valence-electron chi connectivity index (χ0n) is 11.8. The lowest BCUT2D eigenvalue weighted by Crippen LogP contribution is -2.26. The Morgan fingerprint density at radius 1 is 1.53 bits per heavy atom. The van der Waals surface area contributed by atoms with Gasteiger partial charge in [0.25, 0.3) is 0 Å². The van der Waals surface area contributed by atoms with E-state index in [1.807, 2.05) is 27.7 Å². The minimum absolute atomic E-state index is 0.00766. The van der Waals surface area contributed by atoms with Gasteiger partial charge in [0.15, 0.2) is 5.79 Å². The van der Waals surface area contributed by atoms with Gasteiger partial charge in [-0.15, -0.1) is 0 Å². The topological polar surface area (TPSA) is 65.5 Å². The van der Waals surface area contributed by atoms with Crippen molar-refractivity contribution in [3.63, 3.8) is 0 Å². The SMILES string of the molecule is CC(C)Oc1ccnc(NCC2COC(C)(C)O2)n1. The van der Waals surface area contributed by atoms with Crippen LogP contribution in [0.2, 0.25) is 0 Å². The van der Waals surface area contributed by atoms with Crippen molar-refractivity contribution in [1.82, 2.24) is 9.97 Å². The average Bonchev–Trinajstić information content (AvgIpc) is 2.66. The maximum atomic E-state index is 5.69. The highest BCUT2D eigenvalue weighted by atomic mass is 16.7. The predicted molar refractivity (Wildman–Crippen MR) is 71.2 cm³/mol. The highest BCUT2D eigenvalue weighted by Crippen LogP contribution is 2.22. The number of aromatic nitrogens is 2. The Morgan fingerprint density at radius 2 is 2.32 bits per heavy atom. The predicted octanol–water partition coefficient (Wildman–Crippen LogP) is 1.83. The van der Waals surface area contributed by atoms with Gasteiger partial charge in [0.2, 0.25) is 11.8 Å². The van der Waals surface area contributed by atoms with E-state index in [9.17, 15) is 0 Å². The van der Waals surface area contributed by atoms with Crippen molar-refractivity contribution in [1.29, 1.82) is 0 Å². The summed E-state index contributed by atoms with van der Waals surface area (Å²) in [4.78, 5) is 8.41. The Morgan fingerprint density at radius 3 is 2.95 bits per heavy atom. The smallest absolute Gasteiger partial charge is 0.226 e. The highest BCUT2D eigenvalue weighted by molar-refractivity contribution is 5.27. The van der Waals surface area contributed by atoms with Gasteiger partial charge in [0, 0.05) is 18.8 Å². The summed E-state index contributed by atoms with van der Waals surface area (Å²) in [5.74, 6) is 0.596. The van der Waals surface area contributed by atoms with E-state index in [0.717, 1.165) is 0 Å². The Labute approximate surface area is 113 Å². The molecule has 1 atom stereocenters. The molecule has 19 heavy (non-hydrogen) atoms. The largest absolute Gasteiger partial charge is 0.475 e. The van der Waals surface area contributed by atoms with Crippen LogP contribution in [-0.2, 0) is 9.47 Å². The van der Waals surface area contributed by atoms with Gasteiger partial charge in [-0.1, -0.05) is 0 Å². The Hall–Kier alpha value is -1.40. The standard InChI is InChI=1S/C13H21N3O3/c1-9(2)18-11-5-6-14-12(16-11)15-7-10-8-17-13(3,4)19-10/h5-6,9-10H,7-8H2,1-4H3,(H,14,15,16). The molecule has 1 aliphatic rings. The molecule has 106 valence electrons. The van der Waals surface area contributed by atoms with Crippen LogP contribution >= 0.6 is 0 Å². The molecule has 0 radical (unpaired) electrons. The first-order valence-corrected chi connectivity index (χ1v) is 6.50. The number of nitrogens with one attached hydrogen (secondary N) is 1. The van der Waals surface area contributed by atoms with E-state index < -0.39 is 5.79 Å². The molecule has 1 aromatic rings. The minimum Gasteiger partial charge on any atom is -0.475 e. The van der Waals surface area contributed by atoms with Crippen LogP contribution in [-0.4, -0.2) is 41.1 Å². The highest BCUT2D eigenvalue weighted by Gasteiger charge is 2.32. The van der Waals surface area contributed by atoms with Crippen molar-refractivity contribution < 1.29 is 14.2 Å². The third-order valence-corrected chi connectivity index (χ3v) is 2.54. The molecule has 0 bridgehead atoms. The van der Waals surface area contributed by atoms with E-state index in [0.29, 0.717) is 25.0 Å². The lowest BCUT2D eigenvalue weighted by Gasteiger charge is -2.17. The molecule has 1 fully saturated rings. The molecule has 1 saturated heterocycles. The Balaban J connectivity index is 1.86. The quantitative estimate of drug-likeness (QED) is 0.878. The van der Waals surface area contributed by atoms with Crippen LogP contribution in [0.1, 0.15) is 27.7 Å². The lowest BCUT2D eigenvalue weighted by molar-refractivity contribution is -0.136. The molecular weight excluding hydrogens is 246 g/mol. The monoisotopic (exact) mass is 267 g/mol. The zero-order valence-corrected chi connectivity index (χ0v) is 11.8. The van der Waals surface area contributed by atoms with E-state index >= 15 is 0 Å². The third kappa shape index (κ3) is 4.33. The van der Waals surface area contributed by atoms with Crippen molar-refractivity contribution in [2.24, 2.45) is 0 Å². The summed E-state index contributed by atoms with van der Waals surface area (Å²) in [6, 6.07) is 1.74. The molecule has 1 unspecified atom stereocenters. The fourth-order valence-corrected chi connectivity index (χ4v) is 1.80. The summed E-state index contributed by atoms with van der Waals surface area (Å²) >= 11 is 0. The molecule has 6 nitrogen and oxygen atoms in total. The number of hydrogen-bond donors (Lipinski definition) is 1. The average molecular weight is 267 g/mol. The number of rotatable bonds is 5. The van der Waals surface area contributed by atoms with Crippen LogP contribution in [0, 0.1) is 0 Å². The minimum atomic E-state index is -0.504. The van der Waals surface area contributed by atoms with Crippen molar-refractivity contribution in [3.8, 4) is 5.88 Å². The second kappa shape index (κ2) is 5.71. The first-order chi connectivity index (χ1) is 8.94. The van der Waals surface area contributed by atoms with Gasteiger partial charge in [0.05, 0.1) is 12.7 Å². The summed E-state index contributed by atoms with van der Waals surface area (Å²) in [7, 11) is 0. The molecule has 1 aromatic heterocycles. The van der Waals surface area contributed by atoms with E-state index in [4.69, 9.17) is 14.2 Å². The molecule has 1 N–H and O–H groups in total. The lowest BCUT2D eigenvalue weighted by atomic mass is 10.4. The molecular formula is C13H21N3O3.